The van der Waals surface area contributed by atoms with Crippen LogP contribution < -0.4 is 5.32 Å². The fourth-order valence-corrected chi connectivity index (χ4v) is 4.98. The van der Waals surface area contributed by atoms with Crippen LogP contribution in [0.5, 0.6) is 0 Å². The molecule has 4 nitrogen and oxygen atoms in total. The van der Waals surface area contributed by atoms with Gasteiger partial charge in [0, 0.05) is 11.7 Å². The zero-order valence-corrected chi connectivity index (χ0v) is 18.2. The molecule has 3 rings (SSSR count). The van der Waals surface area contributed by atoms with Crippen LogP contribution in [0.1, 0.15) is 49.7 Å². The second kappa shape index (κ2) is 10.7. The molecule has 1 amide bonds. The Morgan fingerprint density at radius 3 is 2.07 bits per heavy atom. The van der Waals surface area contributed by atoms with Crippen LogP contribution >= 0.6 is 12.6 Å². The van der Waals surface area contributed by atoms with Gasteiger partial charge in [-0.25, -0.2) is 4.79 Å². The lowest BCUT2D eigenvalue weighted by Crippen LogP contribution is -2.53. The van der Waals surface area contributed by atoms with Crippen LogP contribution in [0.2, 0.25) is 0 Å². The molecule has 2 aromatic carbocycles. The quantitative estimate of drug-likeness (QED) is 0.511. The normalized spacial score (nSPS) is 17.6. The molecule has 2 aromatic rings. The number of hydrogen-bond acceptors (Lipinski definition) is 3. The molecule has 0 heterocycles. The van der Waals surface area contributed by atoms with Crippen LogP contribution in [0.4, 0.5) is 0 Å². The Balaban J connectivity index is 1.72. The molecule has 2 N–H and O–H groups in total. The second-order valence-electron chi connectivity index (χ2n) is 8.31. The predicted octanol–water partition coefficient (Wildman–Crippen LogP) is 4.68. The second-order valence-corrected chi connectivity index (χ2v) is 8.93. The number of carbonyl (C=O) groups is 2. The largest absolute Gasteiger partial charge is 0.480 e. The molecule has 30 heavy (non-hydrogen) atoms. The highest BCUT2D eigenvalue weighted by Gasteiger charge is 2.45. The highest BCUT2D eigenvalue weighted by molar-refractivity contribution is 7.81. The first-order valence-electron chi connectivity index (χ1n) is 10.8. The third kappa shape index (κ3) is 5.66. The van der Waals surface area contributed by atoms with Crippen LogP contribution in [-0.2, 0) is 22.4 Å². The number of nitrogens with one attached hydrogen (secondary N) is 1. The molecule has 2 unspecified atom stereocenters. The summed E-state index contributed by atoms with van der Waals surface area (Å²) in [6.07, 6.45) is 6.52. The van der Waals surface area contributed by atoms with E-state index in [1.165, 1.54) is 5.56 Å². The van der Waals surface area contributed by atoms with Crippen LogP contribution in [0, 0.1) is 5.41 Å². The van der Waals surface area contributed by atoms with E-state index >= 15 is 0 Å². The van der Waals surface area contributed by atoms with Crippen molar-refractivity contribution in [3.05, 3.63) is 71.8 Å². The first-order chi connectivity index (χ1) is 14.5. The Labute approximate surface area is 184 Å². The van der Waals surface area contributed by atoms with Crippen LogP contribution in [0.3, 0.4) is 0 Å². The lowest BCUT2D eigenvalue weighted by Gasteiger charge is -2.41. The average molecular weight is 426 g/mol. The number of benzene rings is 2. The van der Waals surface area contributed by atoms with Crippen molar-refractivity contribution in [2.45, 2.75) is 62.7 Å². The Kier molecular flexibility index (Phi) is 7.97. The maximum atomic E-state index is 13.5. The van der Waals surface area contributed by atoms with E-state index in [0.29, 0.717) is 0 Å². The Bertz CT molecular complexity index is 819. The molecule has 1 fully saturated rings. The summed E-state index contributed by atoms with van der Waals surface area (Å²) in [6, 6.07) is 18.7. The number of carboxylic acid groups (broad SMARTS) is 1. The Morgan fingerprint density at radius 1 is 0.933 bits per heavy atom. The highest BCUT2D eigenvalue weighted by Crippen LogP contribution is 2.43. The molecule has 1 aliphatic rings. The van der Waals surface area contributed by atoms with Gasteiger partial charge >= 0.3 is 5.97 Å². The molecule has 2 atom stereocenters. The van der Waals surface area contributed by atoms with Crippen molar-refractivity contribution < 1.29 is 14.7 Å². The summed E-state index contributed by atoms with van der Waals surface area (Å²) in [6.45, 7) is 0. The molecule has 0 bridgehead atoms. The third-order valence-corrected chi connectivity index (χ3v) is 7.02. The summed E-state index contributed by atoms with van der Waals surface area (Å²) in [7, 11) is 0. The van der Waals surface area contributed by atoms with Gasteiger partial charge in [0.15, 0.2) is 0 Å². The van der Waals surface area contributed by atoms with Gasteiger partial charge in [0.2, 0.25) is 5.91 Å². The molecule has 160 valence electrons. The van der Waals surface area contributed by atoms with Crippen LogP contribution in [0.25, 0.3) is 0 Å². The van der Waals surface area contributed by atoms with Gasteiger partial charge in [0.1, 0.15) is 6.04 Å². The van der Waals surface area contributed by atoms with Crippen molar-refractivity contribution in [3.63, 3.8) is 0 Å². The van der Waals surface area contributed by atoms with E-state index in [4.69, 9.17) is 12.6 Å². The topological polar surface area (TPSA) is 66.4 Å². The average Bonchev–Trinajstić information content (AvgIpc) is 2.78. The third-order valence-electron chi connectivity index (χ3n) is 6.27. The summed E-state index contributed by atoms with van der Waals surface area (Å²) in [5.41, 5.74) is 1.52. The summed E-state index contributed by atoms with van der Waals surface area (Å²) in [4.78, 5) is 25.3. The van der Waals surface area contributed by atoms with Crippen molar-refractivity contribution in [2.24, 2.45) is 5.41 Å². The lowest BCUT2D eigenvalue weighted by atomic mass is 9.69. The molecular formula is C25H31NO3S. The standard InChI is InChI=1S/C25H31NO3S/c27-23(28)21(18-20-12-6-2-7-13-20)26-24(29)25(16-8-3-9-17-25)22(30)15-14-19-10-4-1-5-11-19/h1-2,4-7,10-13,21-22,30H,3,8-9,14-18H2,(H,26,29)(H,27,28). The molecule has 5 heteroatoms. The van der Waals surface area contributed by atoms with Gasteiger partial charge in [-0.05, 0) is 36.8 Å². The fourth-order valence-electron chi connectivity index (χ4n) is 4.47. The minimum absolute atomic E-state index is 0.107. The smallest absolute Gasteiger partial charge is 0.326 e. The van der Waals surface area contributed by atoms with Crippen molar-refractivity contribution >= 4 is 24.5 Å². The lowest BCUT2D eigenvalue weighted by molar-refractivity contribution is -0.144. The summed E-state index contributed by atoms with van der Waals surface area (Å²) in [5, 5.41) is 12.5. The van der Waals surface area contributed by atoms with E-state index in [0.717, 1.165) is 50.5 Å². The molecule has 1 saturated carbocycles. The van der Waals surface area contributed by atoms with E-state index in [9.17, 15) is 14.7 Å². The minimum Gasteiger partial charge on any atom is -0.480 e. The Morgan fingerprint density at radius 2 is 1.50 bits per heavy atom. The van der Waals surface area contributed by atoms with Gasteiger partial charge in [0.05, 0.1) is 5.41 Å². The number of carboxylic acids is 1. The van der Waals surface area contributed by atoms with Crippen molar-refractivity contribution in [1.82, 2.24) is 5.32 Å². The molecule has 0 radical (unpaired) electrons. The van der Waals surface area contributed by atoms with Crippen molar-refractivity contribution in [2.75, 3.05) is 0 Å². The zero-order valence-electron chi connectivity index (χ0n) is 17.3. The number of carbonyl (C=O) groups excluding carboxylic acids is 1. The van der Waals surface area contributed by atoms with Crippen LogP contribution in [-0.4, -0.2) is 28.3 Å². The fraction of sp³-hybridized carbons (Fsp3) is 0.440. The molecule has 0 saturated heterocycles. The van der Waals surface area contributed by atoms with Gasteiger partial charge in [-0.2, -0.15) is 12.6 Å². The minimum atomic E-state index is -1.00. The molecule has 0 spiro atoms. The van der Waals surface area contributed by atoms with E-state index in [2.05, 4.69) is 17.4 Å². The van der Waals surface area contributed by atoms with E-state index in [-0.39, 0.29) is 17.6 Å². The summed E-state index contributed by atoms with van der Waals surface area (Å²) >= 11 is 4.89. The van der Waals surface area contributed by atoms with Gasteiger partial charge in [-0.3, -0.25) is 4.79 Å². The maximum Gasteiger partial charge on any atom is 0.326 e. The van der Waals surface area contributed by atoms with Crippen molar-refractivity contribution in [3.8, 4) is 0 Å². The first kappa shape index (κ1) is 22.4. The zero-order chi connectivity index (χ0) is 21.4. The SMILES string of the molecule is O=C(O)C(Cc1ccccc1)NC(=O)C1(C(S)CCc2ccccc2)CCCCC1. The van der Waals surface area contributed by atoms with Crippen LogP contribution in [0.15, 0.2) is 60.7 Å². The van der Waals surface area contributed by atoms with Gasteiger partial charge in [-0.1, -0.05) is 79.9 Å². The summed E-state index contributed by atoms with van der Waals surface area (Å²) in [5.74, 6) is -1.16. The molecule has 0 aromatic heterocycles. The van der Waals surface area contributed by atoms with E-state index < -0.39 is 17.4 Å². The summed E-state index contributed by atoms with van der Waals surface area (Å²) < 4.78 is 0. The van der Waals surface area contributed by atoms with Crippen molar-refractivity contribution in [1.29, 1.82) is 0 Å². The number of aryl methyl sites for hydroxylation is 1. The van der Waals surface area contributed by atoms with Gasteiger partial charge < -0.3 is 10.4 Å². The maximum absolute atomic E-state index is 13.5. The molecule has 0 aliphatic heterocycles. The molecular weight excluding hydrogens is 394 g/mol. The number of amides is 1. The number of thiol groups is 1. The van der Waals surface area contributed by atoms with E-state index in [1.54, 1.807) is 0 Å². The van der Waals surface area contributed by atoms with Gasteiger partial charge in [-0.15, -0.1) is 0 Å². The van der Waals surface area contributed by atoms with E-state index in [1.807, 2.05) is 48.5 Å². The van der Waals surface area contributed by atoms with Gasteiger partial charge in [0.25, 0.3) is 0 Å². The number of aliphatic carboxylic acids is 1. The molecule has 1 aliphatic carbocycles. The highest BCUT2D eigenvalue weighted by atomic mass is 32.1. The first-order valence-corrected chi connectivity index (χ1v) is 11.3. The number of hydrogen-bond donors (Lipinski definition) is 3. The number of rotatable bonds is 9. The Hall–Kier alpha value is -2.27. The monoisotopic (exact) mass is 425 g/mol. The predicted molar refractivity (Wildman–Crippen MR) is 123 cm³/mol.